The van der Waals surface area contributed by atoms with Crippen molar-refractivity contribution in [3.63, 3.8) is 0 Å². The standard InChI is InChI=1S/C13H15N3O2S/c1-4-9(3)16-12-10(6-5-8(2)14-12)15-13(16)19-7-11(17)18/h4-6,9H,1,7H2,2-3H3,(H,17,18). The minimum absolute atomic E-state index is 0.00981. The first-order chi connectivity index (χ1) is 9.02. The van der Waals surface area contributed by atoms with Crippen LogP contribution in [0.1, 0.15) is 18.7 Å². The summed E-state index contributed by atoms with van der Waals surface area (Å²) in [6.07, 6.45) is 1.79. The van der Waals surface area contributed by atoms with Gasteiger partial charge in [-0.1, -0.05) is 17.8 Å². The van der Waals surface area contributed by atoms with Gasteiger partial charge in [-0.15, -0.1) is 6.58 Å². The van der Waals surface area contributed by atoms with Crippen LogP contribution in [0, 0.1) is 6.92 Å². The molecule has 2 rings (SSSR count). The number of carbonyl (C=O) groups is 1. The first-order valence-corrected chi connectivity index (χ1v) is 6.84. The minimum Gasteiger partial charge on any atom is -0.481 e. The van der Waals surface area contributed by atoms with Crippen LogP contribution in [0.5, 0.6) is 0 Å². The van der Waals surface area contributed by atoms with E-state index in [4.69, 9.17) is 5.11 Å². The summed E-state index contributed by atoms with van der Waals surface area (Å²) in [5, 5.41) is 9.44. The number of nitrogens with zero attached hydrogens (tertiary/aromatic N) is 3. The Balaban J connectivity index is 2.54. The van der Waals surface area contributed by atoms with Crippen LogP contribution in [0.4, 0.5) is 0 Å². The van der Waals surface area contributed by atoms with E-state index in [9.17, 15) is 4.79 Å². The molecule has 1 unspecified atom stereocenters. The number of fused-ring (bicyclic) bond motifs is 1. The Morgan fingerprint density at radius 1 is 1.58 bits per heavy atom. The van der Waals surface area contributed by atoms with E-state index in [1.165, 1.54) is 11.8 Å². The van der Waals surface area contributed by atoms with E-state index in [0.717, 1.165) is 16.9 Å². The predicted octanol–water partition coefficient (Wildman–Crippen LogP) is 2.66. The Bertz CT molecular complexity index is 636. The first-order valence-electron chi connectivity index (χ1n) is 5.85. The van der Waals surface area contributed by atoms with Gasteiger partial charge in [-0.2, -0.15) is 0 Å². The van der Waals surface area contributed by atoms with Crippen molar-refractivity contribution in [2.24, 2.45) is 0 Å². The largest absolute Gasteiger partial charge is 0.481 e. The van der Waals surface area contributed by atoms with Crippen LogP contribution in [-0.4, -0.2) is 31.4 Å². The normalized spacial score (nSPS) is 12.5. The third-order valence-electron chi connectivity index (χ3n) is 2.72. The number of carboxylic acids is 1. The smallest absolute Gasteiger partial charge is 0.313 e. The zero-order valence-electron chi connectivity index (χ0n) is 10.8. The summed E-state index contributed by atoms with van der Waals surface area (Å²) in [5.41, 5.74) is 2.44. The minimum atomic E-state index is -0.862. The molecule has 1 atom stereocenters. The highest BCUT2D eigenvalue weighted by Gasteiger charge is 2.16. The van der Waals surface area contributed by atoms with E-state index in [1.807, 2.05) is 30.5 Å². The summed E-state index contributed by atoms with van der Waals surface area (Å²) in [4.78, 5) is 19.6. The predicted molar refractivity (Wildman–Crippen MR) is 75.5 cm³/mol. The molecule has 0 aliphatic carbocycles. The Hall–Kier alpha value is -1.82. The van der Waals surface area contributed by atoms with Crippen molar-refractivity contribution in [1.29, 1.82) is 0 Å². The van der Waals surface area contributed by atoms with E-state index in [1.54, 1.807) is 6.08 Å². The van der Waals surface area contributed by atoms with Crippen LogP contribution < -0.4 is 0 Å². The fourth-order valence-electron chi connectivity index (χ4n) is 1.75. The molecular weight excluding hydrogens is 262 g/mol. The molecule has 0 radical (unpaired) electrons. The molecule has 5 nitrogen and oxygen atoms in total. The van der Waals surface area contributed by atoms with Crippen LogP contribution in [0.25, 0.3) is 11.2 Å². The molecule has 0 bridgehead atoms. The van der Waals surface area contributed by atoms with Crippen molar-refractivity contribution in [2.75, 3.05) is 5.75 Å². The molecule has 0 aromatic carbocycles. The number of allylic oxidation sites excluding steroid dienone is 1. The molecule has 19 heavy (non-hydrogen) atoms. The lowest BCUT2D eigenvalue weighted by Crippen LogP contribution is -2.06. The molecule has 0 fully saturated rings. The Kier molecular flexibility index (Phi) is 3.90. The number of hydrogen-bond acceptors (Lipinski definition) is 4. The Morgan fingerprint density at radius 2 is 2.32 bits per heavy atom. The molecule has 0 aliphatic heterocycles. The monoisotopic (exact) mass is 277 g/mol. The summed E-state index contributed by atoms with van der Waals surface area (Å²) in [5.74, 6) is -0.884. The second-order valence-electron chi connectivity index (χ2n) is 4.22. The quantitative estimate of drug-likeness (QED) is 0.672. The number of carboxylic acid groups (broad SMARTS) is 1. The van der Waals surface area contributed by atoms with Gasteiger partial charge in [0.15, 0.2) is 10.8 Å². The molecular formula is C13H15N3O2S. The molecule has 1 N–H and O–H groups in total. The topological polar surface area (TPSA) is 68.0 Å². The van der Waals surface area contributed by atoms with Crippen LogP contribution in [0.3, 0.4) is 0 Å². The van der Waals surface area contributed by atoms with E-state index in [2.05, 4.69) is 16.5 Å². The highest BCUT2D eigenvalue weighted by atomic mass is 32.2. The maximum Gasteiger partial charge on any atom is 0.313 e. The number of aryl methyl sites for hydroxylation is 1. The van der Waals surface area contributed by atoms with Gasteiger partial charge in [0.05, 0.1) is 11.8 Å². The number of aliphatic carboxylic acids is 1. The zero-order chi connectivity index (χ0) is 14.0. The third kappa shape index (κ3) is 2.78. The number of aromatic nitrogens is 3. The maximum atomic E-state index is 10.7. The Morgan fingerprint density at radius 3 is 2.95 bits per heavy atom. The second kappa shape index (κ2) is 5.44. The van der Waals surface area contributed by atoms with Gasteiger partial charge in [0.2, 0.25) is 0 Å². The van der Waals surface area contributed by atoms with Crippen molar-refractivity contribution in [3.05, 3.63) is 30.5 Å². The lowest BCUT2D eigenvalue weighted by Gasteiger charge is -2.12. The summed E-state index contributed by atoms with van der Waals surface area (Å²) in [6.45, 7) is 7.67. The van der Waals surface area contributed by atoms with E-state index >= 15 is 0 Å². The van der Waals surface area contributed by atoms with Crippen LogP contribution in [-0.2, 0) is 4.79 Å². The fraction of sp³-hybridized carbons (Fsp3) is 0.308. The van der Waals surface area contributed by atoms with Crippen LogP contribution in [0.15, 0.2) is 29.9 Å². The lowest BCUT2D eigenvalue weighted by atomic mass is 10.3. The molecule has 100 valence electrons. The number of rotatable bonds is 5. The Labute approximate surface area is 115 Å². The zero-order valence-corrected chi connectivity index (χ0v) is 11.6. The van der Waals surface area contributed by atoms with E-state index in [-0.39, 0.29) is 11.8 Å². The molecule has 0 aliphatic rings. The molecule has 0 saturated carbocycles. The van der Waals surface area contributed by atoms with Crippen molar-refractivity contribution >= 4 is 28.9 Å². The number of thioether (sulfide) groups is 1. The summed E-state index contributed by atoms with van der Waals surface area (Å²) >= 11 is 1.19. The summed E-state index contributed by atoms with van der Waals surface area (Å²) in [7, 11) is 0. The third-order valence-corrected chi connectivity index (χ3v) is 3.65. The van der Waals surface area contributed by atoms with Crippen molar-refractivity contribution in [1.82, 2.24) is 14.5 Å². The van der Waals surface area contributed by atoms with Gasteiger partial charge < -0.3 is 5.11 Å². The van der Waals surface area contributed by atoms with Crippen LogP contribution >= 0.6 is 11.8 Å². The first kappa shape index (κ1) is 13.6. The van der Waals surface area contributed by atoms with Gasteiger partial charge in [-0.25, -0.2) is 9.97 Å². The molecule has 6 heteroatoms. The number of imidazole rings is 1. The van der Waals surface area contributed by atoms with Crippen molar-refractivity contribution < 1.29 is 9.90 Å². The molecule has 0 spiro atoms. The summed E-state index contributed by atoms with van der Waals surface area (Å²) < 4.78 is 1.92. The fourth-order valence-corrected chi connectivity index (χ4v) is 2.56. The molecule has 2 aromatic rings. The highest BCUT2D eigenvalue weighted by molar-refractivity contribution is 7.99. The number of pyridine rings is 1. The van der Waals surface area contributed by atoms with Gasteiger partial charge in [0, 0.05) is 5.69 Å². The lowest BCUT2D eigenvalue weighted by molar-refractivity contribution is -0.133. The van der Waals surface area contributed by atoms with Gasteiger partial charge in [0.25, 0.3) is 0 Å². The molecule has 2 heterocycles. The number of hydrogen-bond donors (Lipinski definition) is 1. The van der Waals surface area contributed by atoms with Crippen molar-refractivity contribution in [3.8, 4) is 0 Å². The van der Waals surface area contributed by atoms with Gasteiger partial charge in [0.1, 0.15) is 5.52 Å². The van der Waals surface area contributed by atoms with Crippen molar-refractivity contribution in [2.45, 2.75) is 25.0 Å². The van der Waals surface area contributed by atoms with Gasteiger partial charge in [-0.3, -0.25) is 9.36 Å². The van der Waals surface area contributed by atoms with Gasteiger partial charge in [-0.05, 0) is 26.0 Å². The average molecular weight is 277 g/mol. The molecule has 0 amide bonds. The average Bonchev–Trinajstić information content (AvgIpc) is 2.73. The van der Waals surface area contributed by atoms with E-state index in [0.29, 0.717) is 5.16 Å². The van der Waals surface area contributed by atoms with Crippen LogP contribution in [0.2, 0.25) is 0 Å². The second-order valence-corrected chi connectivity index (χ2v) is 5.16. The highest BCUT2D eigenvalue weighted by Crippen LogP contribution is 2.27. The molecule has 2 aromatic heterocycles. The summed E-state index contributed by atoms with van der Waals surface area (Å²) in [6, 6.07) is 3.80. The SMILES string of the molecule is C=CC(C)n1c(SCC(=O)O)nc2ccc(C)nc21. The van der Waals surface area contributed by atoms with Gasteiger partial charge >= 0.3 is 5.97 Å². The van der Waals surface area contributed by atoms with E-state index < -0.39 is 5.97 Å². The molecule has 0 saturated heterocycles. The maximum absolute atomic E-state index is 10.7.